The molecule has 0 spiro atoms. The molecule has 0 aliphatic rings. The summed E-state index contributed by atoms with van der Waals surface area (Å²) in [5.74, 6) is 0.894. The Balaban J connectivity index is 2.61. The number of benzene rings is 1. The molecule has 0 aromatic heterocycles. The first kappa shape index (κ1) is 10.6. The SMILES string of the molecule is C=CCCN(C)c1ccc(OC)cc1. The average Bonchev–Trinajstić information content (AvgIpc) is 2.26. The lowest BCUT2D eigenvalue weighted by Gasteiger charge is -2.18. The van der Waals surface area contributed by atoms with Crippen LogP contribution in [0, 0.1) is 0 Å². The van der Waals surface area contributed by atoms with E-state index in [0.29, 0.717) is 0 Å². The molecule has 1 aromatic carbocycles. The minimum atomic E-state index is 0.894. The summed E-state index contributed by atoms with van der Waals surface area (Å²) in [6.45, 7) is 4.70. The minimum Gasteiger partial charge on any atom is -0.497 e. The van der Waals surface area contributed by atoms with Crippen LogP contribution in [0.2, 0.25) is 0 Å². The molecule has 0 aliphatic heterocycles. The van der Waals surface area contributed by atoms with Crippen LogP contribution in [0.1, 0.15) is 6.42 Å². The second kappa shape index (κ2) is 5.32. The number of anilines is 1. The molecule has 0 fully saturated rings. The van der Waals surface area contributed by atoms with E-state index in [-0.39, 0.29) is 0 Å². The highest BCUT2D eigenvalue weighted by Crippen LogP contribution is 2.17. The highest BCUT2D eigenvalue weighted by atomic mass is 16.5. The van der Waals surface area contributed by atoms with Crippen LogP contribution in [0.5, 0.6) is 5.75 Å². The van der Waals surface area contributed by atoms with Crippen LogP contribution in [-0.2, 0) is 0 Å². The Labute approximate surface area is 85.8 Å². The maximum absolute atomic E-state index is 5.10. The van der Waals surface area contributed by atoms with Gasteiger partial charge in [0.2, 0.25) is 0 Å². The fourth-order valence-electron chi connectivity index (χ4n) is 1.25. The zero-order valence-corrected chi connectivity index (χ0v) is 8.86. The molecular weight excluding hydrogens is 174 g/mol. The molecule has 0 saturated heterocycles. The van der Waals surface area contributed by atoms with Gasteiger partial charge in [0.05, 0.1) is 7.11 Å². The number of nitrogens with zero attached hydrogens (tertiary/aromatic N) is 1. The van der Waals surface area contributed by atoms with E-state index in [1.807, 2.05) is 18.2 Å². The molecule has 0 heterocycles. The fraction of sp³-hybridized carbons (Fsp3) is 0.333. The van der Waals surface area contributed by atoms with Gasteiger partial charge in [-0.1, -0.05) is 6.08 Å². The molecular formula is C12H17NO. The van der Waals surface area contributed by atoms with Gasteiger partial charge in [0, 0.05) is 19.3 Å². The van der Waals surface area contributed by atoms with Crippen LogP contribution >= 0.6 is 0 Å². The summed E-state index contributed by atoms with van der Waals surface area (Å²) in [5.41, 5.74) is 1.20. The van der Waals surface area contributed by atoms with Crippen molar-refractivity contribution >= 4 is 5.69 Å². The summed E-state index contributed by atoms with van der Waals surface area (Å²) in [6.07, 6.45) is 2.93. The van der Waals surface area contributed by atoms with E-state index < -0.39 is 0 Å². The summed E-state index contributed by atoms with van der Waals surface area (Å²) in [7, 11) is 3.75. The topological polar surface area (TPSA) is 12.5 Å². The minimum absolute atomic E-state index is 0.894. The van der Waals surface area contributed by atoms with Crippen LogP contribution < -0.4 is 9.64 Å². The van der Waals surface area contributed by atoms with Gasteiger partial charge in [-0.25, -0.2) is 0 Å². The van der Waals surface area contributed by atoms with Gasteiger partial charge in [-0.05, 0) is 30.7 Å². The van der Waals surface area contributed by atoms with Crippen molar-refractivity contribution in [2.75, 3.05) is 25.6 Å². The molecule has 0 aliphatic carbocycles. The van der Waals surface area contributed by atoms with E-state index in [4.69, 9.17) is 4.74 Å². The lowest BCUT2D eigenvalue weighted by Crippen LogP contribution is -2.17. The lowest BCUT2D eigenvalue weighted by molar-refractivity contribution is 0.415. The van der Waals surface area contributed by atoms with E-state index in [0.717, 1.165) is 18.7 Å². The predicted molar refractivity (Wildman–Crippen MR) is 61.1 cm³/mol. The van der Waals surface area contributed by atoms with E-state index in [2.05, 4.69) is 30.7 Å². The van der Waals surface area contributed by atoms with E-state index in [1.54, 1.807) is 7.11 Å². The Morgan fingerprint density at radius 2 is 2.00 bits per heavy atom. The monoisotopic (exact) mass is 191 g/mol. The zero-order valence-electron chi connectivity index (χ0n) is 8.86. The summed E-state index contributed by atoms with van der Waals surface area (Å²) in [4.78, 5) is 2.20. The van der Waals surface area contributed by atoms with Gasteiger partial charge < -0.3 is 9.64 Å². The largest absolute Gasteiger partial charge is 0.497 e. The summed E-state index contributed by atoms with van der Waals surface area (Å²) in [6, 6.07) is 8.06. The van der Waals surface area contributed by atoms with Crippen molar-refractivity contribution in [1.82, 2.24) is 0 Å². The summed E-state index contributed by atoms with van der Waals surface area (Å²) < 4.78 is 5.10. The number of methoxy groups -OCH3 is 1. The van der Waals surface area contributed by atoms with Crippen LogP contribution in [0.25, 0.3) is 0 Å². The molecule has 1 aromatic rings. The Kier molecular flexibility index (Phi) is 4.05. The second-order valence-corrected chi connectivity index (χ2v) is 3.20. The quantitative estimate of drug-likeness (QED) is 0.663. The Morgan fingerprint density at radius 1 is 1.36 bits per heavy atom. The number of ether oxygens (including phenoxy) is 1. The predicted octanol–water partition coefficient (Wildman–Crippen LogP) is 2.71. The van der Waals surface area contributed by atoms with Gasteiger partial charge in [-0.3, -0.25) is 0 Å². The van der Waals surface area contributed by atoms with Crippen molar-refractivity contribution in [2.45, 2.75) is 6.42 Å². The van der Waals surface area contributed by atoms with Crippen molar-refractivity contribution in [2.24, 2.45) is 0 Å². The van der Waals surface area contributed by atoms with Crippen LogP contribution in [0.4, 0.5) is 5.69 Å². The lowest BCUT2D eigenvalue weighted by atomic mass is 10.2. The third kappa shape index (κ3) is 2.80. The summed E-state index contributed by atoms with van der Waals surface area (Å²) in [5, 5.41) is 0. The van der Waals surface area contributed by atoms with Crippen LogP contribution in [-0.4, -0.2) is 20.7 Å². The van der Waals surface area contributed by atoms with E-state index in [9.17, 15) is 0 Å². The first-order valence-corrected chi connectivity index (χ1v) is 4.74. The van der Waals surface area contributed by atoms with E-state index in [1.165, 1.54) is 5.69 Å². The van der Waals surface area contributed by atoms with Crippen molar-refractivity contribution in [3.8, 4) is 5.75 Å². The third-order valence-corrected chi connectivity index (χ3v) is 2.18. The van der Waals surface area contributed by atoms with Gasteiger partial charge in [0.25, 0.3) is 0 Å². The maximum atomic E-state index is 5.10. The molecule has 0 N–H and O–H groups in total. The fourth-order valence-corrected chi connectivity index (χ4v) is 1.25. The van der Waals surface area contributed by atoms with Crippen molar-refractivity contribution in [3.05, 3.63) is 36.9 Å². The zero-order chi connectivity index (χ0) is 10.4. The Hall–Kier alpha value is -1.44. The first-order valence-electron chi connectivity index (χ1n) is 4.74. The third-order valence-electron chi connectivity index (χ3n) is 2.18. The van der Waals surface area contributed by atoms with Crippen LogP contribution in [0.15, 0.2) is 36.9 Å². The molecule has 76 valence electrons. The molecule has 0 saturated carbocycles. The molecule has 0 bridgehead atoms. The smallest absolute Gasteiger partial charge is 0.119 e. The number of rotatable bonds is 5. The van der Waals surface area contributed by atoms with Gasteiger partial charge in [-0.15, -0.1) is 6.58 Å². The number of hydrogen-bond donors (Lipinski definition) is 0. The highest BCUT2D eigenvalue weighted by Gasteiger charge is 1.98. The summed E-state index contributed by atoms with van der Waals surface area (Å²) >= 11 is 0. The molecule has 0 atom stereocenters. The van der Waals surface area contributed by atoms with E-state index >= 15 is 0 Å². The first-order chi connectivity index (χ1) is 6.77. The van der Waals surface area contributed by atoms with Crippen molar-refractivity contribution in [1.29, 1.82) is 0 Å². The Morgan fingerprint density at radius 3 is 2.50 bits per heavy atom. The highest BCUT2D eigenvalue weighted by molar-refractivity contribution is 5.48. The molecule has 0 radical (unpaired) electrons. The van der Waals surface area contributed by atoms with Crippen molar-refractivity contribution in [3.63, 3.8) is 0 Å². The molecule has 14 heavy (non-hydrogen) atoms. The molecule has 0 unspecified atom stereocenters. The molecule has 0 amide bonds. The second-order valence-electron chi connectivity index (χ2n) is 3.20. The van der Waals surface area contributed by atoms with Crippen molar-refractivity contribution < 1.29 is 4.74 Å². The van der Waals surface area contributed by atoms with Gasteiger partial charge in [-0.2, -0.15) is 0 Å². The molecule has 2 heteroatoms. The number of hydrogen-bond acceptors (Lipinski definition) is 2. The Bertz CT molecular complexity index is 279. The molecule has 1 rings (SSSR count). The van der Waals surface area contributed by atoms with Crippen LogP contribution in [0.3, 0.4) is 0 Å². The van der Waals surface area contributed by atoms with Gasteiger partial charge in [0.1, 0.15) is 5.75 Å². The van der Waals surface area contributed by atoms with Gasteiger partial charge >= 0.3 is 0 Å². The standard InChI is InChI=1S/C12H17NO/c1-4-5-10-13(2)11-6-8-12(14-3)9-7-11/h4,6-9H,1,5,10H2,2-3H3. The normalized spacial score (nSPS) is 9.57. The maximum Gasteiger partial charge on any atom is 0.119 e. The average molecular weight is 191 g/mol. The molecule has 2 nitrogen and oxygen atoms in total. The van der Waals surface area contributed by atoms with Gasteiger partial charge in [0.15, 0.2) is 0 Å².